The minimum Gasteiger partial charge on any atom is -0.409 e. The number of aliphatic hydroxyl groups is 1. The molecule has 1 aromatic carbocycles. The molecule has 1 aliphatic carbocycles. The molecule has 0 amide bonds. The van der Waals surface area contributed by atoms with Gasteiger partial charge in [0, 0.05) is 32.1 Å². The van der Waals surface area contributed by atoms with Crippen molar-refractivity contribution in [2.75, 3.05) is 13.7 Å². The summed E-state index contributed by atoms with van der Waals surface area (Å²) in [5.41, 5.74) is 7.30. The number of hydrogen-bond acceptors (Lipinski definition) is 7. The number of nitrogens with zero attached hydrogens (tertiary/aromatic N) is 5. The predicted molar refractivity (Wildman–Crippen MR) is 153 cm³/mol. The number of halogens is 1. The zero-order chi connectivity index (χ0) is 28.0. The minimum absolute atomic E-state index is 0.0250. The van der Waals surface area contributed by atoms with Crippen LogP contribution in [-0.2, 0) is 17.4 Å². The Balaban J connectivity index is 0.000000438. The van der Waals surface area contributed by atoms with Crippen LogP contribution in [0.4, 0.5) is 0 Å². The van der Waals surface area contributed by atoms with Crippen molar-refractivity contribution in [1.82, 2.24) is 19.5 Å². The van der Waals surface area contributed by atoms with Crippen molar-refractivity contribution in [2.45, 2.75) is 44.6 Å². The second-order valence-corrected chi connectivity index (χ2v) is 10.4. The molecule has 1 atom stereocenters. The SMILES string of the molecule is CC1CCCCC1.COCC(O)(c1ccccc1)c1nc2cc(/C(N)=N/O)nc(-c3cncc(Cl)c3)c2n1C. The fraction of sp³-hybridized carbons (Fsp3) is 0.379. The molecule has 0 aliphatic heterocycles. The van der Waals surface area contributed by atoms with Gasteiger partial charge in [-0.25, -0.2) is 9.97 Å². The third-order valence-corrected chi connectivity index (χ3v) is 7.28. The van der Waals surface area contributed by atoms with Gasteiger partial charge in [-0.05, 0) is 23.6 Å². The maximum atomic E-state index is 11.7. The quantitative estimate of drug-likeness (QED) is 0.129. The number of nitrogens with two attached hydrogens (primary N) is 1. The van der Waals surface area contributed by atoms with Crippen LogP contribution in [0.3, 0.4) is 0 Å². The molecule has 39 heavy (non-hydrogen) atoms. The Kier molecular flexibility index (Phi) is 9.16. The van der Waals surface area contributed by atoms with Crippen molar-refractivity contribution in [3.8, 4) is 11.3 Å². The van der Waals surface area contributed by atoms with Crippen molar-refractivity contribution >= 4 is 28.5 Å². The number of imidazole rings is 1. The van der Waals surface area contributed by atoms with Gasteiger partial charge in [-0.15, -0.1) is 0 Å². The number of fused-ring (bicyclic) bond motifs is 1. The van der Waals surface area contributed by atoms with Crippen LogP contribution in [0.1, 0.15) is 56.1 Å². The van der Waals surface area contributed by atoms with Crippen LogP contribution in [0, 0.1) is 5.92 Å². The van der Waals surface area contributed by atoms with E-state index in [9.17, 15) is 10.3 Å². The summed E-state index contributed by atoms with van der Waals surface area (Å²) in [4.78, 5) is 13.4. The molecule has 1 aliphatic rings. The number of pyridine rings is 2. The van der Waals surface area contributed by atoms with Gasteiger partial charge in [-0.1, -0.05) is 86.1 Å². The molecule has 0 radical (unpaired) electrons. The highest BCUT2D eigenvalue weighted by Crippen LogP contribution is 2.35. The molecule has 9 nitrogen and oxygen atoms in total. The van der Waals surface area contributed by atoms with E-state index in [2.05, 4.69) is 22.0 Å². The van der Waals surface area contributed by atoms with E-state index in [1.807, 2.05) is 18.2 Å². The van der Waals surface area contributed by atoms with Gasteiger partial charge in [-0.3, -0.25) is 4.98 Å². The molecule has 1 unspecified atom stereocenters. The molecule has 0 bridgehead atoms. The number of aryl methyl sites for hydroxylation is 1. The number of aromatic nitrogens is 4. The van der Waals surface area contributed by atoms with Crippen LogP contribution in [0.5, 0.6) is 0 Å². The standard InChI is InChI=1S/C22H21ClN6O3.C7H14/c1-29-19-16(27-21(29)22(30,12-32-2)14-6-4-3-5-7-14)9-17(20(24)28-31)26-18(19)13-8-15(23)11-25-10-13;1-7-5-3-2-4-6-7/h3-11,30-31H,12H2,1-2H3,(H2,24,28);7H,2-6H2,1H3. The third-order valence-electron chi connectivity index (χ3n) is 7.07. The normalized spacial score (nSPS) is 16.0. The third kappa shape index (κ3) is 6.21. The summed E-state index contributed by atoms with van der Waals surface area (Å²) in [7, 11) is 3.29. The molecule has 1 fully saturated rings. The van der Waals surface area contributed by atoms with E-state index >= 15 is 0 Å². The summed E-state index contributed by atoms with van der Waals surface area (Å²) in [6.07, 6.45) is 10.6. The first-order valence-electron chi connectivity index (χ1n) is 13.0. The Bertz CT molecular complexity index is 1440. The summed E-state index contributed by atoms with van der Waals surface area (Å²) in [5, 5.41) is 24.4. The lowest BCUT2D eigenvalue weighted by molar-refractivity contribution is -0.0112. The number of ether oxygens (including phenoxy) is 1. The van der Waals surface area contributed by atoms with Gasteiger partial charge in [0.05, 0.1) is 28.4 Å². The maximum absolute atomic E-state index is 11.7. The van der Waals surface area contributed by atoms with E-state index in [1.54, 1.807) is 42.1 Å². The molecule has 3 heterocycles. The minimum atomic E-state index is -1.54. The second kappa shape index (κ2) is 12.5. The van der Waals surface area contributed by atoms with E-state index in [4.69, 9.17) is 27.1 Å². The highest BCUT2D eigenvalue weighted by atomic mass is 35.5. The number of hydrogen-bond donors (Lipinski definition) is 3. The number of benzene rings is 1. The lowest BCUT2D eigenvalue weighted by Crippen LogP contribution is -2.35. The molecule has 0 saturated heterocycles. The number of rotatable bonds is 6. The van der Waals surface area contributed by atoms with Gasteiger partial charge in [0.1, 0.15) is 11.5 Å². The van der Waals surface area contributed by atoms with Gasteiger partial charge in [0.25, 0.3) is 0 Å². The Labute approximate surface area is 233 Å². The molecule has 4 N–H and O–H groups in total. The molecule has 1 saturated carbocycles. The first-order chi connectivity index (χ1) is 18.8. The average Bonchev–Trinajstić information content (AvgIpc) is 3.30. The van der Waals surface area contributed by atoms with Gasteiger partial charge in [0.15, 0.2) is 11.4 Å². The first-order valence-corrected chi connectivity index (χ1v) is 13.4. The Hall–Kier alpha value is -3.53. The summed E-state index contributed by atoms with van der Waals surface area (Å²) in [5.74, 6) is 1.20. The Morgan fingerprint density at radius 3 is 2.46 bits per heavy atom. The van der Waals surface area contributed by atoms with Gasteiger partial charge in [-0.2, -0.15) is 0 Å². The van der Waals surface area contributed by atoms with Gasteiger partial charge in [0.2, 0.25) is 0 Å². The van der Waals surface area contributed by atoms with Crippen LogP contribution in [0.25, 0.3) is 22.3 Å². The summed E-state index contributed by atoms with van der Waals surface area (Å²) < 4.78 is 7.11. The van der Waals surface area contributed by atoms with Gasteiger partial charge >= 0.3 is 0 Å². The van der Waals surface area contributed by atoms with E-state index < -0.39 is 5.60 Å². The summed E-state index contributed by atoms with van der Waals surface area (Å²) in [6.45, 7) is 2.34. The lowest BCUT2D eigenvalue weighted by atomic mass is 9.91. The summed E-state index contributed by atoms with van der Waals surface area (Å²) in [6, 6.07) is 12.4. The van der Waals surface area contributed by atoms with Crippen molar-refractivity contribution in [1.29, 1.82) is 0 Å². The number of amidine groups is 1. The highest BCUT2D eigenvalue weighted by molar-refractivity contribution is 6.30. The fourth-order valence-electron chi connectivity index (χ4n) is 5.04. The van der Waals surface area contributed by atoms with E-state index in [0.29, 0.717) is 38.7 Å². The molecule has 4 aromatic rings. The number of methoxy groups -OCH3 is 1. The van der Waals surface area contributed by atoms with E-state index in [0.717, 1.165) is 5.92 Å². The smallest absolute Gasteiger partial charge is 0.188 e. The second-order valence-electron chi connectivity index (χ2n) is 10.00. The van der Waals surface area contributed by atoms with Crippen molar-refractivity contribution < 1.29 is 15.1 Å². The van der Waals surface area contributed by atoms with Crippen molar-refractivity contribution in [2.24, 2.45) is 23.9 Å². The molecular weight excluding hydrogens is 516 g/mol. The van der Waals surface area contributed by atoms with Gasteiger partial charge < -0.3 is 25.4 Å². The monoisotopic (exact) mass is 550 g/mol. The van der Waals surface area contributed by atoms with E-state index in [1.165, 1.54) is 45.4 Å². The fourth-order valence-corrected chi connectivity index (χ4v) is 5.21. The maximum Gasteiger partial charge on any atom is 0.188 e. The lowest BCUT2D eigenvalue weighted by Gasteiger charge is -2.27. The summed E-state index contributed by atoms with van der Waals surface area (Å²) >= 11 is 6.16. The predicted octanol–water partition coefficient (Wildman–Crippen LogP) is 5.25. The van der Waals surface area contributed by atoms with Crippen LogP contribution in [-0.4, -0.2) is 49.4 Å². The Morgan fingerprint density at radius 1 is 1.15 bits per heavy atom. The van der Waals surface area contributed by atoms with Crippen LogP contribution >= 0.6 is 11.6 Å². The molecule has 10 heteroatoms. The Morgan fingerprint density at radius 2 is 1.87 bits per heavy atom. The topological polar surface area (TPSA) is 132 Å². The highest BCUT2D eigenvalue weighted by Gasteiger charge is 2.37. The van der Waals surface area contributed by atoms with E-state index in [-0.39, 0.29) is 18.1 Å². The molecule has 3 aromatic heterocycles. The van der Waals surface area contributed by atoms with Crippen molar-refractivity contribution in [3.63, 3.8) is 0 Å². The molecule has 206 valence electrons. The number of oxime groups is 1. The zero-order valence-electron chi connectivity index (χ0n) is 22.5. The van der Waals surface area contributed by atoms with Crippen molar-refractivity contribution in [3.05, 3.63) is 77.0 Å². The molecular formula is C29H35ClN6O3. The van der Waals surface area contributed by atoms with Crippen LogP contribution < -0.4 is 5.73 Å². The molecule has 5 rings (SSSR count). The average molecular weight is 551 g/mol. The first kappa shape index (κ1) is 28.5. The molecule has 0 spiro atoms. The van der Waals surface area contributed by atoms with Crippen LogP contribution in [0.2, 0.25) is 5.02 Å². The zero-order valence-corrected chi connectivity index (χ0v) is 23.3. The largest absolute Gasteiger partial charge is 0.409 e. The van der Waals surface area contributed by atoms with Crippen LogP contribution in [0.15, 0.2) is 60.0 Å².